The Bertz CT molecular complexity index is 506. The van der Waals surface area contributed by atoms with Gasteiger partial charge in [-0.2, -0.15) is 0 Å². The molecule has 2 rings (SSSR count). The van der Waals surface area contributed by atoms with Gasteiger partial charge in [0.15, 0.2) is 11.5 Å². The molecular formula is C11H9NO2. The van der Waals surface area contributed by atoms with Gasteiger partial charge in [-0.15, -0.1) is 0 Å². The van der Waals surface area contributed by atoms with E-state index < -0.39 is 0 Å². The van der Waals surface area contributed by atoms with E-state index in [9.17, 15) is 9.90 Å². The number of hydrogen-bond acceptors (Lipinski definition) is 3. The van der Waals surface area contributed by atoms with Gasteiger partial charge in [0, 0.05) is 23.9 Å². The monoisotopic (exact) mass is 187 g/mol. The van der Waals surface area contributed by atoms with Gasteiger partial charge >= 0.3 is 0 Å². The highest BCUT2D eigenvalue weighted by Crippen LogP contribution is 2.26. The maximum Gasteiger partial charge on any atom is 0.181 e. The van der Waals surface area contributed by atoms with E-state index in [1.807, 2.05) is 18.2 Å². The second-order valence-electron chi connectivity index (χ2n) is 3.10. The van der Waals surface area contributed by atoms with Gasteiger partial charge in [0.25, 0.3) is 0 Å². The minimum Gasteiger partial charge on any atom is -0.505 e. The van der Waals surface area contributed by atoms with Crippen LogP contribution in [0.25, 0.3) is 10.8 Å². The summed E-state index contributed by atoms with van der Waals surface area (Å²) in [6.07, 6.45) is 1.59. The molecule has 0 aliphatic rings. The first-order valence-electron chi connectivity index (χ1n) is 4.28. The minimum absolute atomic E-state index is 0.0319. The number of benzene rings is 1. The van der Waals surface area contributed by atoms with Crippen LogP contribution in [0.3, 0.4) is 0 Å². The van der Waals surface area contributed by atoms with Crippen LogP contribution in [0.15, 0.2) is 30.5 Å². The summed E-state index contributed by atoms with van der Waals surface area (Å²) in [5.41, 5.74) is 0.128. The van der Waals surface area contributed by atoms with Crippen LogP contribution in [0.5, 0.6) is 5.75 Å². The van der Waals surface area contributed by atoms with Crippen LogP contribution in [0.1, 0.15) is 17.4 Å². The van der Waals surface area contributed by atoms with Crippen molar-refractivity contribution in [3.8, 4) is 5.75 Å². The van der Waals surface area contributed by atoms with Crippen molar-refractivity contribution in [2.24, 2.45) is 0 Å². The van der Waals surface area contributed by atoms with Crippen LogP contribution in [0, 0.1) is 0 Å². The molecule has 0 bridgehead atoms. The normalized spacial score (nSPS) is 10.4. The van der Waals surface area contributed by atoms with Gasteiger partial charge in [-0.05, 0) is 0 Å². The van der Waals surface area contributed by atoms with Crippen molar-refractivity contribution in [1.82, 2.24) is 4.98 Å². The summed E-state index contributed by atoms with van der Waals surface area (Å²) in [5, 5.41) is 11.2. The topological polar surface area (TPSA) is 50.2 Å². The number of pyridine rings is 1. The maximum atomic E-state index is 11.1. The first kappa shape index (κ1) is 8.69. The fourth-order valence-corrected chi connectivity index (χ4v) is 1.41. The molecule has 0 saturated heterocycles. The molecule has 0 aliphatic heterocycles. The van der Waals surface area contributed by atoms with Gasteiger partial charge in [-0.25, -0.2) is 4.98 Å². The van der Waals surface area contributed by atoms with Gasteiger partial charge in [0.05, 0.1) is 0 Å². The number of carbonyl (C=O) groups is 1. The van der Waals surface area contributed by atoms with E-state index in [2.05, 4.69) is 4.98 Å². The summed E-state index contributed by atoms with van der Waals surface area (Å²) < 4.78 is 0. The SMILES string of the molecule is CC(=O)c1ncc2ccccc2c1O. The second-order valence-corrected chi connectivity index (χ2v) is 3.10. The fraction of sp³-hybridized carbons (Fsp3) is 0.0909. The number of hydrogen-bond donors (Lipinski definition) is 1. The standard InChI is InChI=1S/C11H9NO2/c1-7(13)10-11(14)9-5-3-2-4-8(9)6-12-10/h2-6,14H,1H3. The number of aromatic nitrogens is 1. The molecule has 14 heavy (non-hydrogen) atoms. The van der Waals surface area contributed by atoms with Crippen molar-refractivity contribution in [3.05, 3.63) is 36.2 Å². The molecule has 2 aromatic rings. The lowest BCUT2D eigenvalue weighted by atomic mass is 10.1. The third kappa shape index (κ3) is 1.23. The number of carbonyl (C=O) groups excluding carboxylic acids is 1. The molecule has 0 atom stereocenters. The molecule has 0 aliphatic carbocycles. The van der Waals surface area contributed by atoms with Crippen molar-refractivity contribution >= 4 is 16.6 Å². The van der Waals surface area contributed by atoms with E-state index in [0.29, 0.717) is 5.39 Å². The average Bonchev–Trinajstić information content (AvgIpc) is 2.18. The van der Waals surface area contributed by atoms with E-state index in [1.54, 1.807) is 12.3 Å². The summed E-state index contributed by atoms with van der Waals surface area (Å²) in [4.78, 5) is 15.0. The van der Waals surface area contributed by atoms with Gasteiger partial charge in [-0.3, -0.25) is 4.79 Å². The summed E-state index contributed by atoms with van der Waals surface area (Å²) in [7, 11) is 0. The summed E-state index contributed by atoms with van der Waals surface area (Å²) in [6, 6.07) is 7.27. The van der Waals surface area contributed by atoms with Crippen molar-refractivity contribution in [2.45, 2.75) is 6.92 Å². The summed E-state index contributed by atoms with van der Waals surface area (Å²) >= 11 is 0. The minimum atomic E-state index is -0.228. The highest BCUT2D eigenvalue weighted by Gasteiger charge is 2.10. The third-order valence-corrected chi connectivity index (χ3v) is 2.11. The summed E-state index contributed by atoms with van der Waals surface area (Å²) in [6.45, 7) is 1.39. The zero-order chi connectivity index (χ0) is 10.1. The molecule has 0 spiro atoms. The first-order valence-corrected chi connectivity index (χ1v) is 4.28. The van der Waals surface area contributed by atoms with Crippen molar-refractivity contribution in [2.75, 3.05) is 0 Å². The number of aromatic hydroxyl groups is 1. The Morgan fingerprint density at radius 1 is 1.36 bits per heavy atom. The Morgan fingerprint density at radius 3 is 2.79 bits per heavy atom. The molecule has 3 nitrogen and oxygen atoms in total. The van der Waals surface area contributed by atoms with Crippen LogP contribution in [-0.2, 0) is 0 Å². The Hall–Kier alpha value is -1.90. The second kappa shape index (κ2) is 3.10. The largest absolute Gasteiger partial charge is 0.505 e. The highest BCUT2D eigenvalue weighted by molar-refractivity contribution is 6.01. The van der Waals surface area contributed by atoms with Crippen LogP contribution in [-0.4, -0.2) is 15.9 Å². The maximum absolute atomic E-state index is 11.1. The quantitative estimate of drug-likeness (QED) is 0.696. The first-order chi connectivity index (χ1) is 6.70. The Labute approximate surface area is 81.0 Å². The van der Waals surface area contributed by atoms with E-state index in [-0.39, 0.29) is 17.2 Å². The van der Waals surface area contributed by atoms with Crippen LogP contribution < -0.4 is 0 Å². The van der Waals surface area contributed by atoms with Crippen LogP contribution >= 0.6 is 0 Å². The summed E-state index contributed by atoms with van der Waals surface area (Å²) in [5.74, 6) is -0.260. The molecular weight excluding hydrogens is 178 g/mol. The van der Waals surface area contributed by atoms with Gasteiger partial charge in [-0.1, -0.05) is 24.3 Å². The zero-order valence-corrected chi connectivity index (χ0v) is 7.69. The predicted molar refractivity (Wildman–Crippen MR) is 53.4 cm³/mol. The third-order valence-electron chi connectivity index (χ3n) is 2.11. The van der Waals surface area contributed by atoms with Gasteiger partial charge < -0.3 is 5.11 Å². The number of nitrogens with zero attached hydrogens (tertiary/aromatic N) is 1. The van der Waals surface area contributed by atoms with Gasteiger partial charge in [0.2, 0.25) is 0 Å². The Morgan fingerprint density at radius 2 is 2.07 bits per heavy atom. The van der Waals surface area contributed by atoms with E-state index in [0.717, 1.165) is 5.39 Å². The smallest absolute Gasteiger partial charge is 0.181 e. The Balaban J connectivity index is 2.81. The predicted octanol–water partition coefficient (Wildman–Crippen LogP) is 2.14. The molecule has 0 unspecified atom stereocenters. The lowest BCUT2D eigenvalue weighted by molar-refractivity contribution is 0.101. The molecule has 1 N–H and O–H groups in total. The van der Waals surface area contributed by atoms with E-state index in [1.165, 1.54) is 6.92 Å². The van der Waals surface area contributed by atoms with Crippen LogP contribution in [0.4, 0.5) is 0 Å². The van der Waals surface area contributed by atoms with Crippen LogP contribution in [0.2, 0.25) is 0 Å². The number of ketones is 1. The average molecular weight is 187 g/mol. The molecule has 0 radical (unpaired) electrons. The van der Waals surface area contributed by atoms with Crippen molar-refractivity contribution in [1.29, 1.82) is 0 Å². The lowest BCUT2D eigenvalue weighted by Gasteiger charge is -2.03. The zero-order valence-electron chi connectivity index (χ0n) is 7.69. The Kier molecular flexibility index (Phi) is 1.93. The molecule has 0 saturated carbocycles. The molecule has 1 aromatic carbocycles. The van der Waals surface area contributed by atoms with E-state index in [4.69, 9.17) is 0 Å². The van der Waals surface area contributed by atoms with Gasteiger partial charge in [0.1, 0.15) is 5.69 Å². The molecule has 0 amide bonds. The highest BCUT2D eigenvalue weighted by atomic mass is 16.3. The number of rotatable bonds is 1. The number of fused-ring (bicyclic) bond motifs is 1. The molecule has 1 heterocycles. The molecule has 1 aromatic heterocycles. The van der Waals surface area contributed by atoms with Crippen molar-refractivity contribution < 1.29 is 9.90 Å². The fourth-order valence-electron chi connectivity index (χ4n) is 1.41. The van der Waals surface area contributed by atoms with E-state index >= 15 is 0 Å². The molecule has 3 heteroatoms. The molecule has 70 valence electrons. The van der Waals surface area contributed by atoms with Crippen molar-refractivity contribution in [3.63, 3.8) is 0 Å². The number of Topliss-reactive ketones (excluding diaryl/α,β-unsaturated/α-hetero) is 1. The lowest BCUT2D eigenvalue weighted by Crippen LogP contribution is -1.96. The molecule has 0 fully saturated rings.